The maximum atomic E-state index is 13.4. The average Bonchev–Trinajstić information content (AvgIpc) is 3.23. The van der Waals surface area contributed by atoms with Crippen molar-refractivity contribution in [3.63, 3.8) is 0 Å². The predicted molar refractivity (Wildman–Crippen MR) is 113 cm³/mol. The Kier molecular flexibility index (Phi) is 5.31. The third kappa shape index (κ3) is 4.08. The minimum absolute atomic E-state index is 0.183. The predicted octanol–water partition coefficient (Wildman–Crippen LogP) is 5.45. The molecule has 0 aliphatic heterocycles. The standard InChI is InChI=1S/C25H16FN3O/c26-22-13-10-20(11-14-22)25-21(17-29(28-25)23-4-2-1-3-5-23)12-15-24(30)19-8-6-18(16-27)7-9-19/h1-15,17H/b15-12+. The minimum atomic E-state index is -0.325. The summed E-state index contributed by atoms with van der Waals surface area (Å²) in [6.45, 7) is 0. The first-order valence-corrected chi connectivity index (χ1v) is 9.27. The molecule has 0 amide bonds. The summed E-state index contributed by atoms with van der Waals surface area (Å²) in [6, 6.07) is 24.2. The van der Waals surface area contributed by atoms with E-state index in [2.05, 4.69) is 5.10 Å². The van der Waals surface area contributed by atoms with E-state index in [9.17, 15) is 9.18 Å². The molecule has 1 aromatic heterocycles. The van der Waals surface area contributed by atoms with Crippen molar-refractivity contribution in [2.45, 2.75) is 0 Å². The monoisotopic (exact) mass is 393 g/mol. The molecule has 0 N–H and O–H groups in total. The molecule has 0 bridgehead atoms. The summed E-state index contributed by atoms with van der Waals surface area (Å²) in [5.74, 6) is -0.508. The van der Waals surface area contributed by atoms with E-state index in [0.717, 1.165) is 16.8 Å². The number of nitriles is 1. The van der Waals surface area contributed by atoms with Crippen molar-refractivity contribution >= 4 is 11.9 Å². The summed E-state index contributed by atoms with van der Waals surface area (Å²) in [4.78, 5) is 12.5. The molecule has 0 radical (unpaired) electrons. The summed E-state index contributed by atoms with van der Waals surface area (Å²) in [5.41, 5.74) is 3.98. The lowest BCUT2D eigenvalue weighted by molar-refractivity contribution is 0.104. The number of aromatic nitrogens is 2. The van der Waals surface area contributed by atoms with Gasteiger partial charge in [-0.15, -0.1) is 0 Å². The lowest BCUT2D eigenvalue weighted by Gasteiger charge is -2.00. The van der Waals surface area contributed by atoms with Crippen molar-refractivity contribution in [3.05, 3.63) is 114 Å². The van der Waals surface area contributed by atoms with Crippen molar-refractivity contribution in [1.82, 2.24) is 9.78 Å². The molecule has 5 heteroatoms. The Morgan fingerprint density at radius 3 is 2.33 bits per heavy atom. The number of nitrogens with zero attached hydrogens (tertiary/aromatic N) is 3. The van der Waals surface area contributed by atoms with Crippen molar-refractivity contribution in [2.24, 2.45) is 0 Å². The Balaban J connectivity index is 1.70. The molecule has 0 unspecified atom stereocenters. The SMILES string of the molecule is N#Cc1ccc(C(=O)/C=C/c2cn(-c3ccccc3)nc2-c2ccc(F)cc2)cc1. The highest BCUT2D eigenvalue weighted by molar-refractivity contribution is 6.07. The van der Waals surface area contributed by atoms with Crippen LogP contribution in [-0.2, 0) is 0 Å². The van der Waals surface area contributed by atoms with Gasteiger partial charge in [0.1, 0.15) is 5.82 Å². The van der Waals surface area contributed by atoms with E-state index in [-0.39, 0.29) is 11.6 Å². The zero-order valence-corrected chi connectivity index (χ0v) is 15.9. The van der Waals surface area contributed by atoms with Gasteiger partial charge in [-0.05, 0) is 72.8 Å². The van der Waals surface area contributed by atoms with Gasteiger partial charge >= 0.3 is 0 Å². The molecule has 4 rings (SSSR count). The number of allylic oxidation sites excluding steroid dienone is 1. The van der Waals surface area contributed by atoms with Gasteiger partial charge in [-0.25, -0.2) is 9.07 Å². The fourth-order valence-electron chi connectivity index (χ4n) is 3.03. The number of para-hydroxylation sites is 1. The van der Waals surface area contributed by atoms with Gasteiger partial charge in [0.2, 0.25) is 0 Å². The quantitative estimate of drug-likeness (QED) is 0.335. The van der Waals surface area contributed by atoms with Crippen LogP contribution in [0.15, 0.2) is 91.1 Å². The Labute approximate surface area is 173 Å². The molecule has 1 heterocycles. The molecular weight excluding hydrogens is 377 g/mol. The van der Waals surface area contributed by atoms with Crippen LogP contribution < -0.4 is 0 Å². The van der Waals surface area contributed by atoms with Gasteiger partial charge in [-0.3, -0.25) is 4.79 Å². The van der Waals surface area contributed by atoms with Crippen LogP contribution in [0.5, 0.6) is 0 Å². The van der Waals surface area contributed by atoms with Crippen LogP contribution in [0.4, 0.5) is 4.39 Å². The van der Waals surface area contributed by atoms with Gasteiger partial charge in [0.25, 0.3) is 0 Å². The van der Waals surface area contributed by atoms with E-state index < -0.39 is 0 Å². The van der Waals surface area contributed by atoms with Crippen molar-refractivity contribution < 1.29 is 9.18 Å². The maximum absolute atomic E-state index is 13.4. The normalized spacial score (nSPS) is 10.8. The second-order valence-electron chi connectivity index (χ2n) is 6.61. The number of carbonyl (C=O) groups is 1. The topological polar surface area (TPSA) is 58.7 Å². The van der Waals surface area contributed by atoms with Crippen molar-refractivity contribution in [3.8, 4) is 23.0 Å². The number of carbonyl (C=O) groups excluding carboxylic acids is 1. The fourth-order valence-corrected chi connectivity index (χ4v) is 3.03. The fraction of sp³-hybridized carbons (Fsp3) is 0. The second-order valence-corrected chi connectivity index (χ2v) is 6.61. The first-order valence-electron chi connectivity index (χ1n) is 9.27. The summed E-state index contributed by atoms with van der Waals surface area (Å²) in [6.07, 6.45) is 5.00. The van der Waals surface area contributed by atoms with Crippen LogP contribution in [0.2, 0.25) is 0 Å². The lowest BCUT2D eigenvalue weighted by atomic mass is 10.1. The Hall–Kier alpha value is -4.30. The van der Waals surface area contributed by atoms with Gasteiger partial charge in [0, 0.05) is 22.9 Å². The number of hydrogen-bond acceptors (Lipinski definition) is 3. The first-order chi connectivity index (χ1) is 14.6. The number of hydrogen-bond donors (Lipinski definition) is 0. The second kappa shape index (κ2) is 8.38. The van der Waals surface area contributed by atoms with Crippen LogP contribution in [0.3, 0.4) is 0 Å². The molecule has 0 atom stereocenters. The molecule has 0 fully saturated rings. The molecule has 4 nitrogen and oxygen atoms in total. The van der Waals surface area contributed by atoms with Crippen LogP contribution in [-0.4, -0.2) is 15.6 Å². The molecule has 0 aliphatic rings. The third-order valence-corrected chi connectivity index (χ3v) is 4.59. The Bertz CT molecular complexity index is 1250. The van der Waals surface area contributed by atoms with Gasteiger partial charge in [0.15, 0.2) is 5.78 Å². The summed E-state index contributed by atoms with van der Waals surface area (Å²) in [7, 11) is 0. The number of halogens is 1. The molecule has 144 valence electrons. The summed E-state index contributed by atoms with van der Waals surface area (Å²) in [5, 5.41) is 13.5. The smallest absolute Gasteiger partial charge is 0.185 e. The van der Waals surface area contributed by atoms with E-state index in [1.165, 1.54) is 18.2 Å². The average molecular weight is 393 g/mol. The highest BCUT2D eigenvalue weighted by Crippen LogP contribution is 2.25. The first kappa shape index (κ1) is 19.0. The summed E-state index contributed by atoms with van der Waals surface area (Å²) < 4.78 is 15.1. The molecule has 30 heavy (non-hydrogen) atoms. The molecule has 0 saturated heterocycles. The molecular formula is C25H16FN3O. The van der Waals surface area contributed by atoms with E-state index in [1.807, 2.05) is 42.6 Å². The molecule has 4 aromatic rings. The highest BCUT2D eigenvalue weighted by Gasteiger charge is 2.11. The van der Waals surface area contributed by atoms with E-state index >= 15 is 0 Å². The zero-order valence-electron chi connectivity index (χ0n) is 15.9. The highest BCUT2D eigenvalue weighted by atomic mass is 19.1. The van der Waals surface area contributed by atoms with Gasteiger partial charge in [0.05, 0.1) is 23.0 Å². The number of ketones is 1. The van der Waals surface area contributed by atoms with Crippen LogP contribution in [0.1, 0.15) is 21.5 Å². The number of benzene rings is 3. The van der Waals surface area contributed by atoms with Gasteiger partial charge < -0.3 is 0 Å². The van der Waals surface area contributed by atoms with Crippen LogP contribution >= 0.6 is 0 Å². The molecule has 0 aliphatic carbocycles. The zero-order chi connectivity index (χ0) is 20.9. The Morgan fingerprint density at radius 1 is 0.967 bits per heavy atom. The van der Waals surface area contributed by atoms with Crippen LogP contribution in [0, 0.1) is 17.1 Å². The van der Waals surface area contributed by atoms with E-state index in [1.54, 1.807) is 47.2 Å². The van der Waals surface area contributed by atoms with Gasteiger partial charge in [-0.1, -0.05) is 18.2 Å². The summed E-state index contributed by atoms with van der Waals surface area (Å²) >= 11 is 0. The van der Waals surface area contributed by atoms with Crippen molar-refractivity contribution in [2.75, 3.05) is 0 Å². The van der Waals surface area contributed by atoms with E-state index in [4.69, 9.17) is 5.26 Å². The lowest BCUT2D eigenvalue weighted by Crippen LogP contribution is -1.94. The Morgan fingerprint density at radius 2 is 1.67 bits per heavy atom. The maximum Gasteiger partial charge on any atom is 0.185 e. The van der Waals surface area contributed by atoms with Crippen LogP contribution in [0.25, 0.3) is 23.0 Å². The van der Waals surface area contributed by atoms with Crippen molar-refractivity contribution in [1.29, 1.82) is 5.26 Å². The van der Waals surface area contributed by atoms with Gasteiger partial charge in [-0.2, -0.15) is 10.4 Å². The van der Waals surface area contributed by atoms with E-state index in [0.29, 0.717) is 16.8 Å². The third-order valence-electron chi connectivity index (χ3n) is 4.59. The molecule has 0 spiro atoms. The number of rotatable bonds is 5. The minimum Gasteiger partial charge on any atom is -0.289 e. The largest absolute Gasteiger partial charge is 0.289 e. The molecule has 0 saturated carbocycles. The molecule has 3 aromatic carbocycles.